The Balaban J connectivity index is 1.52. The molecule has 6 nitrogen and oxygen atoms in total. The fourth-order valence-corrected chi connectivity index (χ4v) is 2.33. The number of aromatic nitrogens is 4. The molecule has 0 aliphatic heterocycles. The number of benzene rings is 1. The number of fused-ring (bicyclic) bond motifs is 1. The zero-order valence-electron chi connectivity index (χ0n) is 12.8. The number of alkyl halides is 1. The van der Waals surface area contributed by atoms with Crippen LogP contribution < -0.4 is 0 Å². The van der Waals surface area contributed by atoms with Crippen LogP contribution in [0.25, 0.3) is 11.2 Å². The van der Waals surface area contributed by atoms with Gasteiger partial charge in [-0.2, -0.15) is 0 Å². The van der Waals surface area contributed by atoms with Crippen molar-refractivity contribution in [1.29, 1.82) is 0 Å². The molecule has 2 aromatic heterocycles. The van der Waals surface area contributed by atoms with Crippen molar-refractivity contribution in [3.63, 3.8) is 0 Å². The van der Waals surface area contributed by atoms with Gasteiger partial charge in [0.15, 0.2) is 10.8 Å². The van der Waals surface area contributed by atoms with Gasteiger partial charge >= 0.3 is 0 Å². The second-order valence-corrected chi connectivity index (χ2v) is 5.48. The van der Waals surface area contributed by atoms with E-state index in [4.69, 9.17) is 21.1 Å². The van der Waals surface area contributed by atoms with Crippen LogP contribution in [0, 0.1) is 0 Å². The SMILES string of the molecule is FCC(COCc1ccccc1)OCn1cnc2c(Cl)ncnc21. The first-order valence-electron chi connectivity index (χ1n) is 7.38. The van der Waals surface area contributed by atoms with Gasteiger partial charge in [-0.05, 0) is 5.56 Å². The summed E-state index contributed by atoms with van der Waals surface area (Å²) in [6.07, 6.45) is 2.22. The first-order chi connectivity index (χ1) is 11.8. The van der Waals surface area contributed by atoms with E-state index in [1.807, 2.05) is 30.3 Å². The van der Waals surface area contributed by atoms with E-state index in [-0.39, 0.29) is 18.5 Å². The third kappa shape index (κ3) is 4.05. The molecule has 1 unspecified atom stereocenters. The van der Waals surface area contributed by atoms with Gasteiger partial charge in [0, 0.05) is 0 Å². The van der Waals surface area contributed by atoms with E-state index in [0.29, 0.717) is 17.8 Å². The maximum absolute atomic E-state index is 13.1. The number of rotatable bonds is 8. The Bertz CT molecular complexity index is 784. The van der Waals surface area contributed by atoms with E-state index < -0.39 is 12.8 Å². The molecular weight excluding hydrogens is 335 g/mol. The van der Waals surface area contributed by atoms with Crippen LogP contribution in [0.4, 0.5) is 4.39 Å². The minimum absolute atomic E-state index is 0.104. The second-order valence-electron chi connectivity index (χ2n) is 5.12. The smallest absolute Gasteiger partial charge is 0.166 e. The molecule has 24 heavy (non-hydrogen) atoms. The Morgan fingerprint density at radius 3 is 2.79 bits per heavy atom. The fraction of sp³-hybridized carbons (Fsp3) is 0.312. The van der Waals surface area contributed by atoms with Gasteiger partial charge in [0.05, 0.1) is 19.5 Å². The van der Waals surface area contributed by atoms with Crippen molar-refractivity contribution >= 4 is 22.8 Å². The highest BCUT2D eigenvalue weighted by molar-refractivity contribution is 6.33. The van der Waals surface area contributed by atoms with Crippen molar-refractivity contribution < 1.29 is 13.9 Å². The van der Waals surface area contributed by atoms with Crippen LogP contribution in [0.5, 0.6) is 0 Å². The Labute approximate surface area is 143 Å². The van der Waals surface area contributed by atoms with Crippen molar-refractivity contribution in [2.75, 3.05) is 13.3 Å². The number of nitrogens with zero attached hydrogens (tertiary/aromatic N) is 4. The minimum Gasteiger partial charge on any atom is -0.374 e. The minimum atomic E-state index is -0.663. The van der Waals surface area contributed by atoms with E-state index >= 15 is 0 Å². The Kier molecular flexibility index (Phi) is 5.68. The number of ether oxygens (including phenoxy) is 2. The summed E-state index contributed by atoms with van der Waals surface area (Å²) in [6.45, 7) is 0.0373. The maximum atomic E-state index is 13.1. The summed E-state index contributed by atoms with van der Waals surface area (Å²) >= 11 is 5.94. The molecule has 3 aromatic rings. The molecule has 8 heteroatoms. The third-order valence-electron chi connectivity index (χ3n) is 3.39. The summed E-state index contributed by atoms with van der Waals surface area (Å²) in [4.78, 5) is 12.1. The van der Waals surface area contributed by atoms with E-state index in [9.17, 15) is 4.39 Å². The molecule has 0 N–H and O–H groups in total. The summed E-state index contributed by atoms with van der Waals surface area (Å²) < 4.78 is 25.8. The number of hydrogen-bond donors (Lipinski definition) is 0. The summed E-state index contributed by atoms with van der Waals surface area (Å²) in [5, 5.41) is 0.270. The maximum Gasteiger partial charge on any atom is 0.166 e. The molecule has 0 radical (unpaired) electrons. The summed E-state index contributed by atoms with van der Waals surface area (Å²) in [6, 6.07) is 9.69. The average Bonchev–Trinajstić information content (AvgIpc) is 3.03. The third-order valence-corrected chi connectivity index (χ3v) is 3.67. The van der Waals surface area contributed by atoms with Crippen molar-refractivity contribution in [2.24, 2.45) is 0 Å². The summed E-state index contributed by atoms with van der Waals surface area (Å²) in [5.74, 6) is 0. The number of hydrogen-bond acceptors (Lipinski definition) is 5. The molecule has 0 saturated heterocycles. The van der Waals surface area contributed by atoms with Gasteiger partial charge in [-0.1, -0.05) is 41.9 Å². The van der Waals surface area contributed by atoms with Crippen LogP contribution in [0.3, 0.4) is 0 Å². The van der Waals surface area contributed by atoms with Crippen molar-refractivity contribution in [3.8, 4) is 0 Å². The molecule has 0 fully saturated rings. The molecule has 3 rings (SSSR count). The predicted molar refractivity (Wildman–Crippen MR) is 87.3 cm³/mol. The monoisotopic (exact) mass is 350 g/mol. The molecule has 1 atom stereocenters. The fourth-order valence-electron chi connectivity index (χ4n) is 2.15. The van der Waals surface area contributed by atoms with Crippen LogP contribution in [-0.2, 0) is 22.8 Å². The molecule has 0 spiro atoms. The first kappa shape index (κ1) is 16.8. The molecule has 1 aromatic carbocycles. The van der Waals surface area contributed by atoms with Gasteiger partial charge < -0.3 is 9.47 Å². The van der Waals surface area contributed by atoms with E-state index in [2.05, 4.69) is 15.0 Å². The largest absolute Gasteiger partial charge is 0.374 e. The first-order valence-corrected chi connectivity index (χ1v) is 7.76. The molecule has 0 aliphatic rings. The van der Waals surface area contributed by atoms with Crippen LogP contribution in [-0.4, -0.2) is 38.9 Å². The Morgan fingerprint density at radius 2 is 2.00 bits per heavy atom. The lowest BCUT2D eigenvalue weighted by atomic mass is 10.2. The molecule has 126 valence electrons. The molecule has 2 heterocycles. The molecular formula is C16H16ClFN4O2. The zero-order chi connectivity index (χ0) is 16.8. The Hall–Kier alpha value is -2.09. The van der Waals surface area contributed by atoms with Crippen LogP contribution in [0.15, 0.2) is 43.0 Å². The van der Waals surface area contributed by atoms with Crippen molar-refractivity contribution in [1.82, 2.24) is 19.5 Å². The van der Waals surface area contributed by atoms with Gasteiger partial charge in [0.2, 0.25) is 0 Å². The van der Waals surface area contributed by atoms with E-state index in [1.54, 1.807) is 4.57 Å². The van der Waals surface area contributed by atoms with Gasteiger partial charge in [-0.25, -0.2) is 19.3 Å². The highest BCUT2D eigenvalue weighted by Gasteiger charge is 2.12. The summed E-state index contributed by atoms with van der Waals surface area (Å²) in [7, 11) is 0. The molecule has 0 saturated carbocycles. The topological polar surface area (TPSA) is 62.1 Å². The lowest BCUT2D eigenvalue weighted by Crippen LogP contribution is -2.23. The van der Waals surface area contributed by atoms with Crippen LogP contribution >= 0.6 is 11.6 Å². The standard InChI is InChI=1S/C16H16ClFN4O2/c17-15-14-16(20-9-19-15)22(10-21-14)11-24-13(6-18)8-23-7-12-4-2-1-3-5-12/h1-5,9-10,13H,6-8,11H2. The quantitative estimate of drug-likeness (QED) is 0.584. The number of halogens is 2. The van der Waals surface area contributed by atoms with Gasteiger partial charge in [-0.3, -0.25) is 4.57 Å². The lowest BCUT2D eigenvalue weighted by molar-refractivity contribution is -0.0571. The van der Waals surface area contributed by atoms with Crippen molar-refractivity contribution in [3.05, 3.63) is 53.7 Å². The predicted octanol–water partition coefficient (Wildman–Crippen LogP) is 3.01. The zero-order valence-corrected chi connectivity index (χ0v) is 13.6. The number of imidazole rings is 1. The summed E-state index contributed by atoms with van der Waals surface area (Å²) in [5.41, 5.74) is 2.06. The highest BCUT2D eigenvalue weighted by atomic mass is 35.5. The van der Waals surface area contributed by atoms with Crippen LogP contribution in [0.2, 0.25) is 5.15 Å². The molecule has 0 bridgehead atoms. The highest BCUT2D eigenvalue weighted by Crippen LogP contribution is 2.17. The normalized spacial score (nSPS) is 12.6. The van der Waals surface area contributed by atoms with Gasteiger partial charge in [0.1, 0.15) is 31.4 Å². The van der Waals surface area contributed by atoms with Crippen LogP contribution in [0.1, 0.15) is 5.56 Å². The lowest BCUT2D eigenvalue weighted by Gasteiger charge is -2.15. The van der Waals surface area contributed by atoms with E-state index in [0.717, 1.165) is 5.56 Å². The van der Waals surface area contributed by atoms with E-state index in [1.165, 1.54) is 12.7 Å². The molecule has 0 amide bonds. The second kappa shape index (κ2) is 8.14. The van der Waals surface area contributed by atoms with Gasteiger partial charge in [0.25, 0.3) is 0 Å². The molecule has 0 aliphatic carbocycles. The average molecular weight is 351 g/mol. The Morgan fingerprint density at radius 1 is 1.17 bits per heavy atom. The van der Waals surface area contributed by atoms with Gasteiger partial charge in [-0.15, -0.1) is 0 Å². The van der Waals surface area contributed by atoms with Crippen molar-refractivity contribution in [2.45, 2.75) is 19.4 Å².